The summed E-state index contributed by atoms with van der Waals surface area (Å²) in [5, 5.41) is 10.7. The number of aliphatic hydroxyl groups excluding tert-OH is 1. The smallest absolute Gasteiger partial charge is 0.387 e. The number of aliphatic hydroxyl groups is 1. The summed E-state index contributed by atoms with van der Waals surface area (Å²) in [5.74, 6) is 0.574. The zero-order valence-electron chi connectivity index (χ0n) is 17.5. The third-order valence-electron chi connectivity index (χ3n) is 5.96. The van der Waals surface area contributed by atoms with E-state index in [0.717, 1.165) is 16.6 Å². The van der Waals surface area contributed by atoms with E-state index < -0.39 is 18.8 Å². The van der Waals surface area contributed by atoms with Gasteiger partial charge in [0, 0.05) is 30.8 Å². The maximum atomic E-state index is 13.0. The van der Waals surface area contributed by atoms with Crippen LogP contribution in [0.25, 0.3) is 22.2 Å². The Labute approximate surface area is 182 Å². The molecule has 5 rings (SSSR count). The van der Waals surface area contributed by atoms with Gasteiger partial charge in [-0.05, 0) is 42.3 Å². The SMILES string of the molecule is Cc1cc(-c2ccc3nc4n(c3c2)C(c2ccccc2OC(F)F)CC4O)cn(C)c1=O. The fraction of sp³-hybridized carbons (Fsp3) is 0.250. The average Bonchev–Trinajstić information content (AvgIpc) is 3.29. The van der Waals surface area contributed by atoms with Crippen LogP contribution in [0.15, 0.2) is 59.5 Å². The van der Waals surface area contributed by atoms with Crippen LogP contribution in [-0.4, -0.2) is 25.8 Å². The predicted molar refractivity (Wildman–Crippen MR) is 116 cm³/mol. The molecule has 1 aliphatic heterocycles. The van der Waals surface area contributed by atoms with Gasteiger partial charge in [-0.3, -0.25) is 4.79 Å². The number of para-hydroxylation sites is 1. The first-order valence-electron chi connectivity index (χ1n) is 10.2. The highest BCUT2D eigenvalue weighted by Gasteiger charge is 2.35. The number of pyridine rings is 1. The zero-order chi connectivity index (χ0) is 22.6. The van der Waals surface area contributed by atoms with Crippen molar-refractivity contribution in [1.29, 1.82) is 0 Å². The highest BCUT2D eigenvalue weighted by Crippen LogP contribution is 2.44. The second-order valence-electron chi connectivity index (χ2n) is 8.05. The molecular weight excluding hydrogens is 416 g/mol. The number of nitrogens with zero attached hydrogens (tertiary/aromatic N) is 3. The van der Waals surface area contributed by atoms with Gasteiger partial charge in [-0.15, -0.1) is 0 Å². The molecule has 1 N–H and O–H groups in total. The maximum absolute atomic E-state index is 13.0. The van der Waals surface area contributed by atoms with Crippen molar-refractivity contribution in [2.75, 3.05) is 0 Å². The van der Waals surface area contributed by atoms with Gasteiger partial charge in [0.2, 0.25) is 0 Å². The van der Waals surface area contributed by atoms with E-state index in [1.165, 1.54) is 6.07 Å². The average molecular weight is 437 g/mol. The molecule has 0 aliphatic carbocycles. The van der Waals surface area contributed by atoms with Gasteiger partial charge in [-0.2, -0.15) is 8.78 Å². The first kappa shape index (κ1) is 20.4. The Morgan fingerprint density at radius 1 is 1.16 bits per heavy atom. The number of ether oxygens (including phenoxy) is 1. The standard InChI is InChI=1S/C24H21F2N3O3/c1-13-9-15(12-28(2)23(13)31)14-7-8-17-19(10-14)29-18(11-20(30)22(29)27-17)16-5-3-4-6-21(16)32-24(25)26/h3-10,12,18,20,24,30H,11H2,1-2H3. The van der Waals surface area contributed by atoms with E-state index in [1.807, 2.05) is 28.8 Å². The molecule has 1 aliphatic rings. The molecule has 8 heteroatoms. The molecule has 6 nitrogen and oxygen atoms in total. The fourth-order valence-corrected chi connectivity index (χ4v) is 4.54. The van der Waals surface area contributed by atoms with Crippen LogP contribution in [0.2, 0.25) is 0 Å². The third-order valence-corrected chi connectivity index (χ3v) is 5.96. The van der Waals surface area contributed by atoms with E-state index in [2.05, 4.69) is 4.98 Å². The van der Waals surface area contributed by atoms with Gasteiger partial charge in [0.1, 0.15) is 17.7 Å². The first-order valence-corrected chi connectivity index (χ1v) is 10.2. The molecular formula is C24H21F2N3O3. The van der Waals surface area contributed by atoms with Crippen molar-refractivity contribution >= 4 is 11.0 Å². The van der Waals surface area contributed by atoms with Crippen LogP contribution < -0.4 is 10.3 Å². The van der Waals surface area contributed by atoms with Crippen LogP contribution in [0.3, 0.4) is 0 Å². The van der Waals surface area contributed by atoms with E-state index in [1.54, 1.807) is 42.9 Å². The zero-order valence-corrected chi connectivity index (χ0v) is 17.5. The van der Waals surface area contributed by atoms with Crippen molar-refractivity contribution in [1.82, 2.24) is 14.1 Å². The maximum Gasteiger partial charge on any atom is 0.387 e. The summed E-state index contributed by atoms with van der Waals surface area (Å²) in [6, 6.07) is 13.8. The van der Waals surface area contributed by atoms with Crippen molar-refractivity contribution < 1.29 is 18.6 Å². The summed E-state index contributed by atoms with van der Waals surface area (Å²) in [6.45, 7) is -1.17. The number of aryl methyl sites for hydroxylation is 2. The molecule has 0 spiro atoms. The lowest BCUT2D eigenvalue weighted by Crippen LogP contribution is -2.18. The topological polar surface area (TPSA) is 69.3 Å². The summed E-state index contributed by atoms with van der Waals surface area (Å²) in [4.78, 5) is 16.7. The minimum absolute atomic E-state index is 0.0566. The van der Waals surface area contributed by atoms with Crippen LogP contribution in [0.5, 0.6) is 5.75 Å². The summed E-state index contributed by atoms with van der Waals surface area (Å²) < 4.78 is 34.1. The number of fused-ring (bicyclic) bond motifs is 3. The van der Waals surface area contributed by atoms with E-state index in [-0.39, 0.29) is 11.3 Å². The summed E-state index contributed by atoms with van der Waals surface area (Å²) in [6.07, 6.45) is 1.26. The molecule has 2 aromatic carbocycles. The molecule has 0 radical (unpaired) electrons. The number of halogens is 2. The van der Waals surface area contributed by atoms with Gasteiger partial charge in [-0.25, -0.2) is 4.98 Å². The molecule has 0 fully saturated rings. The molecule has 0 amide bonds. The van der Waals surface area contributed by atoms with Crippen LogP contribution in [0.4, 0.5) is 8.78 Å². The number of benzene rings is 2. The Bertz CT molecular complexity index is 1370. The minimum Gasteiger partial charge on any atom is -0.434 e. The van der Waals surface area contributed by atoms with Gasteiger partial charge in [-0.1, -0.05) is 24.3 Å². The fourth-order valence-electron chi connectivity index (χ4n) is 4.54. The minimum atomic E-state index is -2.94. The van der Waals surface area contributed by atoms with E-state index >= 15 is 0 Å². The first-order chi connectivity index (χ1) is 15.3. The molecule has 0 saturated carbocycles. The van der Waals surface area contributed by atoms with Crippen LogP contribution >= 0.6 is 0 Å². The lowest BCUT2D eigenvalue weighted by molar-refractivity contribution is -0.0507. The molecule has 3 heterocycles. The lowest BCUT2D eigenvalue weighted by Gasteiger charge is -2.19. The normalized spacial score (nSPS) is 17.8. The molecule has 0 saturated heterocycles. The van der Waals surface area contributed by atoms with E-state index in [4.69, 9.17) is 4.74 Å². The number of imidazole rings is 1. The number of hydrogen-bond donors (Lipinski definition) is 1. The third kappa shape index (κ3) is 3.27. The van der Waals surface area contributed by atoms with Crippen LogP contribution in [-0.2, 0) is 7.05 Å². The predicted octanol–water partition coefficient (Wildman–Crippen LogP) is 4.34. The largest absolute Gasteiger partial charge is 0.434 e. The summed E-state index contributed by atoms with van der Waals surface area (Å²) >= 11 is 0. The van der Waals surface area contributed by atoms with Crippen molar-refractivity contribution in [3.05, 3.63) is 82.0 Å². The second-order valence-corrected chi connectivity index (χ2v) is 8.05. The van der Waals surface area contributed by atoms with Gasteiger partial charge >= 0.3 is 6.61 Å². The van der Waals surface area contributed by atoms with Crippen molar-refractivity contribution in [2.45, 2.75) is 32.1 Å². The van der Waals surface area contributed by atoms with Crippen LogP contribution in [0, 0.1) is 6.92 Å². The molecule has 0 bridgehead atoms. The summed E-state index contributed by atoms with van der Waals surface area (Å²) in [7, 11) is 1.71. The van der Waals surface area contributed by atoms with E-state index in [0.29, 0.717) is 28.9 Å². The number of aromatic nitrogens is 3. The molecule has 32 heavy (non-hydrogen) atoms. The number of hydrogen-bond acceptors (Lipinski definition) is 4. The second kappa shape index (κ2) is 7.56. The Morgan fingerprint density at radius 2 is 1.94 bits per heavy atom. The molecule has 164 valence electrons. The van der Waals surface area contributed by atoms with Crippen LogP contribution in [0.1, 0.15) is 35.5 Å². The Morgan fingerprint density at radius 3 is 2.69 bits per heavy atom. The molecule has 2 unspecified atom stereocenters. The molecule has 2 aromatic heterocycles. The van der Waals surface area contributed by atoms with E-state index in [9.17, 15) is 18.7 Å². The highest BCUT2D eigenvalue weighted by molar-refractivity contribution is 5.83. The quantitative estimate of drug-likeness (QED) is 0.516. The van der Waals surface area contributed by atoms with Gasteiger partial charge < -0.3 is 19.0 Å². The van der Waals surface area contributed by atoms with Crippen molar-refractivity contribution in [2.24, 2.45) is 7.05 Å². The van der Waals surface area contributed by atoms with Crippen molar-refractivity contribution in [3.8, 4) is 16.9 Å². The Balaban J connectivity index is 1.67. The molecule has 4 aromatic rings. The number of rotatable bonds is 4. The van der Waals surface area contributed by atoms with Gasteiger partial charge in [0.05, 0.1) is 17.1 Å². The monoisotopic (exact) mass is 437 g/mol. The Hall–Kier alpha value is -3.52. The Kier molecular flexibility index (Phi) is 4.82. The van der Waals surface area contributed by atoms with Gasteiger partial charge in [0.25, 0.3) is 5.56 Å². The van der Waals surface area contributed by atoms with Gasteiger partial charge in [0.15, 0.2) is 0 Å². The summed E-state index contributed by atoms with van der Waals surface area (Å²) in [5.41, 5.74) is 4.37. The lowest BCUT2D eigenvalue weighted by atomic mass is 10.0. The van der Waals surface area contributed by atoms with Crippen molar-refractivity contribution in [3.63, 3.8) is 0 Å². The highest BCUT2D eigenvalue weighted by atomic mass is 19.3. The number of alkyl halides is 2. The molecule has 2 atom stereocenters.